The van der Waals surface area contributed by atoms with Crippen LogP contribution in [0.25, 0.3) is 10.9 Å². The molecule has 0 radical (unpaired) electrons. The molecule has 1 fully saturated rings. The van der Waals surface area contributed by atoms with Crippen molar-refractivity contribution in [3.63, 3.8) is 0 Å². The molecule has 1 aliphatic heterocycles. The molecule has 0 atom stereocenters. The molecule has 6 N–H and O–H groups in total. The van der Waals surface area contributed by atoms with Crippen molar-refractivity contribution in [3.05, 3.63) is 18.3 Å². The highest BCUT2D eigenvalue weighted by atomic mass is 16.3. The van der Waals surface area contributed by atoms with Crippen molar-refractivity contribution in [2.24, 2.45) is 21.5 Å². The Morgan fingerprint density at radius 3 is 2.74 bits per heavy atom. The van der Waals surface area contributed by atoms with Gasteiger partial charge in [-0.25, -0.2) is 4.99 Å². The van der Waals surface area contributed by atoms with Gasteiger partial charge >= 0.3 is 0 Å². The highest BCUT2D eigenvalue weighted by Gasteiger charge is 2.43. The SMILES string of the molecule is NC1=NC2(CCCCC2)N(c2cc3[nH]ncc3cc2O)C(N)=N1. The third-order valence-electron chi connectivity index (χ3n) is 4.63. The van der Waals surface area contributed by atoms with E-state index < -0.39 is 5.66 Å². The number of aromatic amines is 1. The average Bonchev–Trinajstić information content (AvgIpc) is 2.94. The minimum Gasteiger partial charge on any atom is -0.506 e. The lowest BCUT2D eigenvalue weighted by molar-refractivity contribution is 0.303. The average molecular weight is 313 g/mol. The van der Waals surface area contributed by atoms with Gasteiger partial charge in [0.05, 0.1) is 17.4 Å². The van der Waals surface area contributed by atoms with E-state index in [4.69, 9.17) is 11.5 Å². The van der Waals surface area contributed by atoms with E-state index in [0.29, 0.717) is 5.69 Å². The van der Waals surface area contributed by atoms with Crippen molar-refractivity contribution < 1.29 is 5.11 Å². The number of hydrogen-bond donors (Lipinski definition) is 4. The Labute approximate surface area is 132 Å². The Hall–Kier alpha value is -2.77. The lowest BCUT2D eigenvalue weighted by Crippen LogP contribution is -2.58. The number of aliphatic imine (C=N–C) groups is 2. The van der Waals surface area contributed by atoms with E-state index in [0.717, 1.165) is 43.0 Å². The summed E-state index contributed by atoms with van der Waals surface area (Å²) >= 11 is 0. The first-order valence-corrected chi connectivity index (χ1v) is 7.75. The summed E-state index contributed by atoms with van der Waals surface area (Å²) in [5.41, 5.74) is 12.9. The molecular weight excluding hydrogens is 294 g/mol. The molecule has 120 valence electrons. The van der Waals surface area contributed by atoms with E-state index in [-0.39, 0.29) is 17.7 Å². The van der Waals surface area contributed by atoms with Gasteiger partial charge in [-0.1, -0.05) is 6.42 Å². The number of phenolic OH excluding ortho intramolecular Hbond substituents is 1. The molecule has 1 aliphatic carbocycles. The van der Waals surface area contributed by atoms with Gasteiger partial charge in [0.2, 0.25) is 11.9 Å². The maximum atomic E-state index is 10.5. The lowest BCUT2D eigenvalue weighted by Gasteiger charge is -2.45. The number of fused-ring (bicyclic) bond motifs is 1. The van der Waals surface area contributed by atoms with E-state index in [9.17, 15) is 5.11 Å². The summed E-state index contributed by atoms with van der Waals surface area (Å²) in [6.07, 6.45) is 6.54. The van der Waals surface area contributed by atoms with Gasteiger partial charge in [0.1, 0.15) is 11.4 Å². The zero-order chi connectivity index (χ0) is 16.0. The van der Waals surface area contributed by atoms with Crippen molar-refractivity contribution in [3.8, 4) is 5.75 Å². The van der Waals surface area contributed by atoms with E-state index in [1.165, 1.54) is 0 Å². The van der Waals surface area contributed by atoms with Crippen LogP contribution in [-0.2, 0) is 0 Å². The first-order valence-electron chi connectivity index (χ1n) is 7.75. The summed E-state index contributed by atoms with van der Waals surface area (Å²) in [6.45, 7) is 0. The third kappa shape index (κ3) is 2.09. The molecule has 1 spiro atoms. The number of aromatic nitrogens is 2. The summed E-state index contributed by atoms with van der Waals surface area (Å²) in [5.74, 6) is 0.578. The fourth-order valence-corrected chi connectivity index (χ4v) is 3.62. The second-order valence-electron chi connectivity index (χ2n) is 6.12. The van der Waals surface area contributed by atoms with Gasteiger partial charge in [0, 0.05) is 5.39 Å². The van der Waals surface area contributed by atoms with Gasteiger partial charge in [-0.05, 0) is 37.8 Å². The number of nitrogens with zero attached hydrogens (tertiary/aromatic N) is 4. The van der Waals surface area contributed by atoms with Gasteiger partial charge in [-0.15, -0.1) is 0 Å². The van der Waals surface area contributed by atoms with Crippen LogP contribution < -0.4 is 16.4 Å². The maximum absolute atomic E-state index is 10.5. The molecule has 23 heavy (non-hydrogen) atoms. The van der Waals surface area contributed by atoms with Gasteiger partial charge in [0.25, 0.3) is 0 Å². The molecule has 0 saturated heterocycles. The molecule has 0 amide bonds. The fraction of sp³-hybridized carbons (Fsp3) is 0.400. The van der Waals surface area contributed by atoms with E-state index in [1.54, 1.807) is 12.3 Å². The predicted molar refractivity (Wildman–Crippen MR) is 89.3 cm³/mol. The molecule has 4 rings (SSSR count). The fourth-order valence-electron chi connectivity index (χ4n) is 3.62. The molecular formula is C15H19N7O. The standard InChI is InChI=1S/C15H19N7O/c16-13-19-14(17)22(15(20-13)4-2-1-3-5-15)11-7-10-9(6-12(11)23)8-18-21-10/h6-8,23H,1-5H2,(H,18,21)(H4,16,17,19,20). The molecule has 2 aromatic rings. The summed E-state index contributed by atoms with van der Waals surface area (Å²) in [6, 6.07) is 3.49. The number of phenols is 1. The molecule has 1 saturated carbocycles. The van der Waals surface area contributed by atoms with E-state index >= 15 is 0 Å². The smallest absolute Gasteiger partial charge is 0.220 e. The van der Waals surface area contributed by atoms with Crippen LogP contribution in [0.5, 0.6) is 5.75 Å². The van der Waals surface area contributed by atoms with Crippen molar-refractivity contribution in [1.82, 2.24) is 10.2 Å². The van der Waals surface area contributed by atoms with E-state index in [2.05, 4.69) is 20.2 Å². The minimum atomic E-state index is -0.570. The highest BCUT2D eigenvalue weighted by molar-refractivity contribution is 6.07. The Morgan fingerprint density at radius 1 is 1.17 bits per heavy atom. The molecule has 1 aromatic carbocycles. The van der Waals surface area contributed by atoms with Crippen LogP contribution in [0.4, 0.5) is 5.69 Å². The number of rotatable bonds is 1. The second kappa shape index (κ2) is 4.87. The normalized spacial score (nSPS) is 20.6. The Balaban J connectivity index is 1.89. The van der Waals surface area contributed by atoms with Gasteiger partial charge in [0.15, 0.2) is 0 Å². The quantitative estimate of drug-likeness (QED) is 0.632. The lowest BCUT2D eigenvalue weighted by atomic mass is 9.87. The summed E-state index contributed by atoms with van der Waals surface area (Å²) in [5, 5.41) is 18.2. The van der Waals surface area contributed by atoms with Crippen molar-refractivity contribution in [2.45, 2.75) is 37.8 Å². The topological polar surface area (TPSA) is 129 Å². The molecule has 0 unspecified atom stereocenters. The van der Waals surface area contributed by atoms with Crippen molar-refractivity contribution in [1.29, 1.82) is 0 Å². The molecule has 0 bridgehead atoms. The van der Waals surface area contributed by atoms with Crippen molar-refractivity contribution >= 4 is 28.5 Å². The van der Waals surface area contributed by atoms with Crippen LogP contribution in [0.15, 0.2) is 28.3 Å². The van der Waals surface area contributed by atoms with Crippen LogP contribution in [0.1, 0.15) is 32.1 Å². The van der Waals surface area contributed by atoms with Crippen molar-refractivity contribution in [2.75, 3.05) is 4.90 Å². The number of guanidine groups is 2. The summed E-state index contributed by atoms with van der Waals surface area (Å²) in [4.78, 5) is 10.5. The Kier molecular flexibility index (Phi) is 2.93. The maximum Gasteiger partial charge on any atom is 0.220 e. The number of benzene rings is 1. The Morgan fingerprint density at radius 2 is 1.96 bits per heavy atom. The van der Waals surface area contributed by atoms with Gasteiger partial charge in [-0.2, -0.15) is 10.1 Å². The zero-order valence-corrected chi connectivity index (χ0v) is 12.7. The molecule has 8 nitrogen and oxygen atoms in total. The minimum absolute atomic E-state index is 0.123. The zero-order valence-electron chi connectivity index (χ0n) is 12.7. The first-order chi connectivity index (χ1) is 11.1. The molecule has 1 aromatic heterocycles. The number of nitrogens with two attached hydrogens (primary N) is 2. The van der Waals surface area contributed by atoms with Crippen LogP contribution >= 0.6 is 0 Å². The molecule has 2 heterocycles. The van der Waals surface area contributed by atoms with Crippen LogP contribution in [0, 0.1) is 0 Å². The van der Waals surface area contributed by atoms with Crippen LogP contribution in [0.2, 0.25) is 0 Å². The summed E-state index contributed by atoms with van der Waals surface area (Å²) in [7, 11) is 0. The molecule has 2 aliphatic rings. The second-order valence-corrected chi connectivity index (χ2v) is 6.12. The predicted octanol–water partition coefficient (Wildman–Crippen LogP) is 1.38. The summed E-state index contributed by atoms with van der Waals surface area (Å²) < 4.78 is 0. The largest absolute Gasteiger partial charge is 0.506 e. The number of aromatic hydroxyl groups is 1. The number of anilines is 1. The monoisotopic (exact) mass is 313 g/mol. The Bertz CT molecular complexity index is 816. The third-order valence-corrected chi connectivity index (χ3v) is 4.63. The van der Waals surface area contributed by atoms with Crippen LogP contribution in [0.3, 0.4) is 0 Å². The van der Waals surface area contributed by atoms with E-state index in [1.807, 2.05) is 11.0 Å². The number of nitrogens with one attached hydrogen (secondary N) is 1. The highest BCUT2D eigenvalue weighted by Crippen LogP contribution is 2.43. The van der Waals surface area contributed by atoms with Crippen LogP contribution in [-0.4, -0.2) is 32.9 Å². The van der Waals surface area contributed by atoms with Gasteiger partial charge in [-0.3, -0.25) is 10.00 Å². The first kappa shape index (κ1) is 13.9. The number of H-pyrrole nitrogens is 1. The molecule has 8 heteroatoms. The number of hydrogen-bond acceptors (Lipinski definition) is 7. The van der Waals surface area contributed by atoms with Gasteiger partial charge < -0.3 is 16.6 Å².